The van der Waals surface area contributed by atoms with Gasteiger partial charge in [0.2, 0.25) is 10.0 Å². The first kappa shape index (κ1) is 15.6. The fourth-order valence-electron chi connectivity index (χ4n) is 1.85. The minimum Gasteiger partial charge on any atom is -0.392 e. The van der Waals surface area contributed by atoms with E-state index in [0.29, 0.717) is 12.0 Å². The van der Waals surface area contributed by atoms with Gasteiger partial charge in [0.25, 0.3) is 0 Å². The van der Waals surface area contributed by atoms with Gasteiger partial charge in [0.05, 0.1) is 12.3 Å². The molecule has 21 heavy (non-hydrogen) atoms. The molecule has 0 aliphatic carbocycles. The number of halogens is 1. The number of aryl methyl sites for hydroxylation is 1. The molecule has 0 amide bonds. The van der Waals surface area contributed by atoms with Gasteiger partial charge in [0, 0.05) is 26.2 Å². The average Bonchev–Trinajstić information content (AvgIpc) is 2.83. The van der Waals surface area contributed by atoms with Gasteiger partial charge >= 0.3 is 0 Å². The normalized spacial score (nSPS) is 11.8. The first-order valence-corrected chi connectivity index (χ1v) is 7.78. The number of benzene rings is 1. The van der Waals surface area contributed by atoms with Gasteiger partial charge in [-0.3, -0.25) is 4.68 Å². The van der Waals surface area contributed by atoms with E-state index >= 15 is 0 Å². The Bertz CT molecular complexity index is 728. The highest BCUT2D eigenvalue weighted by Gasteiger charge is 2.18. The summed E-state index contributed by atoms with van der Waals surface area (Å²) in [6.07, 6.45) is 2.17. The summed E-state index contributed by atoms with van der Waals surface area (Å²) in [4.78, 5) is -0.430. The van der Waals surface area contributed by atoms with E-state index in [9.17, 15) is 12.8 Å². The molecule has 0 spiro atoms. The first-order chi connectivity index (χ1) is 9.92. The molecule has 0 aliphatic rings. The van der Waals surface area contributed by atoms with Gasteiger partial charge < -0.3 is 5.11 Å². The van der Waals surface area contributed by atoms with Crippen molar-refractivity contribution in [1.29, 1.82) is 0 Å². The van der Waals surface area contributed by atoms with Crippen LogP contribution < -0.4 is 4.72 Å². The zero-order valence-electron chi connectivity index (χ0n) is 11.5. The fraction of sp³-hybridized carbons (Fsp3) is 0.308. The minimum absolute atomic E-state index is 0.126. The second kappa shape index (κ2) is 6.33. The Kier molecular flexibility index (Phi) is 4.71. The summed E-state index contributed by atoms with van der Waals surface area (Å²) in [6.45, 7) is -0.217. The van der Waals surface area contributed by atoms with Crippen LogP contribution in [-0.2, 0) is 30.1 Å². The van der Waals surface area contributed by atoms with E-state index in [2.05, 4.69) is 9.82 Å². The third kappa shape index (κ3) is 3.87. The van der Waals surface area contributed by atoms with Gasteiger partial charge in [0.1, 0.15) is 10.7 Å². The third-order valence-corrected chi connectivity index (χ3v) is 4.40. The van der Waals surface area contributed by atoms with Gasteiger partial charge in [-0.2, -0.15) is 5.10 Å². The standard InChI is InChI=1S/C13H16FN3O3S/c1-17-7-5-11(16-17)4-6-15-21(19,20)13-3-2-10(9-18)8-12(13)14/h2-3,5,7-8,15,18H,4,6,9H2,1H3. The second-order valence-corrected chi connectivity index (χ2v) is 6.29. The Morgan fingerprint density at radius 3 is 2.71 bits per heavy atom. The van der Waals surface area contributed by atoms with Crippen LogP contribution in [0.2, 0.25) is 0 Å². The maximum absolute atomic E-state index is 13.7. The van der Waals surface area contributed by atoms with Crippen LogP contribution in [0.15, 0.2) is 35.4 Å². The summed E-state index contributed by atoms with van der Waals surface area (Å²) >= 11 is 0. The number of aliphatic hydroxyl groups excluding tert-OH is 1. The molecular formula is C13H16FN3O3S. The molecule has 2 rings (SSSR count). The lowest BCUT2D eigenvalue weighted by Gasteiger charge is -2.08. The Balaban J connectivity index is 2.04. The number of aromatic nitrogens is 2. The van der Waals surface area contributed by atoms with Crippen LogP contribution in [0.5, 0.6) is 0 Å². The van der Waals surface area contributed by atoms with Crippen LogP contribution in [0, 0.1) is 5.82 Å². The zero-order valence-corrected chi connectivity index (χ0v) is 12.3. The second-order valence-electron chi connectivity index (χ2n) is 4.55. The molecule has 1 heterocycles. The monoisotopic (exact) mass is 313 g/mol. The topological polar surface area (TPSA) is 84.2 Å². The molecule has 2 N–H and O–H groups in total. The molecule has 1 aromatic carbocycles. The molecule has 8 heteroatoms. The molecule has 0 bridgehead atoms. The quantitative estimate of drug-likeness (QED) is 0.817. The number of hydrogen-bond acceptors (Lipinski definition) is 4. The van der Waals surface area contributed by atoms with Crippen molar-refractivity contribution in [2.75, 3.05) is 6.54 Å². The summed E-state index contributed by atoms with van der Waals surface area (Å²) < 4.78 is 41.7. The van der Waals surface area contributed by atoms with Crippen molar-refractivity contribution < 1.29 is 17.9 Å². The van der Waals surface area contributed by atoms with Crippen molar-refractivity contribution in [1.82, 2.24) is 14.5 Å². The SMILES string of the molecule is Cn1ccc(CCNS(=O)(=O)c2ccc(CO)cc2F)n1. The van der Waals surface area contributed by atoms with E-state index in [0.717, 1.165) is 17.8 Å². The Morgan fingerprint density at radius 2 is 2.14 bits per heavy atom. The Labute approximate surface area is 122 Å². The van der Waals surface area contributed by atoms with E-state index < -0.39 is 20.7 Å². The van der Waals surface area contributed by atoms with Gasteiger partial charge in [-0.25, -0.2) is 17.5 Å². The fourth-order valence-corrected chi connectivity index (χ4v) is 2.94. The predicted molar refractivity (Wildman–Crippen MR) is 74.4 cm³/mol. The maximum atomic E-state index is 13.7. The van der Waals surface area contributed by atoms with Gasteiger partial charge in [-0.1, -0.05) is 6.07 Å². The van der Waals surface area contributed by atoms with Crippen molar-refractivity contribution in [2.45, 2.75) is 17.9 Å². The number of nitrogens with one attached hydrogen (secondary N) is 1. The van der Waals surface area contributed by atoms with Crippen molar-refractivity contribution in [3.63, 3.8) is 0 Å². The molecule has 0 fully saturated rings. The van der Waals surface area contributed by atoms with Crippen LogP contribution in [0.4, 0.5) is 4.39 Å². The van der Waals surface area contributed by atoms with Gasteiger partial charge in [-0.15, -0.1) is 0 Å². The van der Waals surface area contributed by atoms with E-state index in [1.165, 1.54) is 6.07 Å². The van der Waals surface area contributed by atoms with Crippen LogP contribution in [0.25, 0.3) is 0 Å². The molecule has 0 saturated heterocycles. The van der Waals surface area contributed by atoms with Crippen LogP contribution in [0.3, 0.4) is 0 Å². The zero-order chi connectivity index (χ0) is 15.5. The summed E-state index contributed by atoms with van der Waals surface area (Å²) in [6, 6.07) is 5.30. The minimum atomic E-state index is -3.92. The molecule has 2 aromatic rings. The molecule has 114 valence electrons. The lowest BCUT2D eigenvalue weighted by Crippen LogP contribution is -2.27. The summed E-state index contributed by atoms with van der Waals surface area (Å²) in [5.41, 5.74) is 1.07. The number of hydrogen-bond donors (Lipinski definition) is 2. The van der Waals surface area contributed by atoms with Crippen molar-refractivity contribution in [3.05, 3.63) is 47.5 Å². The predicted octanol–water partition coefficient (Wildman–Crippen LogP) is 0.572. The summed E-state index contributed by atoms with van der Waals surface area (Å²) in [7, 11) is -2.15. The highest BCUT2D eigenvalue weighted by Crippen LogP contribution is 2.16. The summed E-state index contributed by atoms with van der Waals surface area (Å²) in [5.74, 6) is -0.883. The first-order valence-electron chi connectivity index (χ1n) is 6.30. The Hall–Kier alpha value is -1.77. The molecular weight excluding hydrogens is 297 g/mol. The van der Waals surface area contributed by atoms with E-state index in [1.807, 2.05) is 0 Å². The van der Waals surface area contributed by atoms with E-state index in [-0.39, 0.29) is 13.2 Å². The highest BCUT2D eigenvalue weighted by molar-refractivity contribution is 7.89. The molecule has 0 unspecified atom stereocenters. The van der Waals surface area contributed by atoms with Crippen LogP contribution in [0.1, 0.15) is 11.3 Å². The van der Waals surface area contributed by atoms with Crippen LogP contribution in [-0.4, -0.2) is 29.8 Å². The third-order valence-electron chi connectivity index (χ3n) is 2.91. The maximum Gasteiger partial charge on any atom is 0.243 e. The van der Waals surface area contributed by atoms with E-state index in [1.54, 1.807) is 24.0 Å². The van der Waals surface area contributed by atoms with Crippen molar-refractivity contribution >= 4 is 10.0 Å². The number of sulfonamides is 1. The summed E-state index contributed by atoms with van der Waals surface area (Å²) in [5, 5.41) is 13.0. The van der Waals surface area contributed by atoms with E-state index in [4.69, 9.17) is 5.11 Å². The number of nitrogens with zero attached hydrogens (tertiary/aromatic N) is 2. The number of aliphatic hydroxyl groups is 1. The average molecular weight is 313 g/mol. The molecule has 1 aromatic heterocycles. The van der Waals surface area contributed by atoms with Crippen molar-refractivity contribution in [2.24, 2.45) is 7.05 Å². The molecule has 0 saturated carbocycles. The van der Waals surface area contributed by atoms with Crippen molar-refractivity contribution in [3.8, 4) is 0 Å². The van der Waals surface area contributed by atoms with Gasteiger partial charge in [0.15, 0.2) is 0 Å². The lowest BCUT2D eigenvalue weighted by atomic mass is 10.2. The van der Waals surface area contributed by atoms with Gasteiger partial charge in [-0.05, 0) is 23.8 Å². The molecule has 0 aliphatic heterocycles. The molecule has 6 nitrogen and oxygen atoms in total. The highest BCUT2D eigenvalue weighted by atomic mass is 32.2. The molecule has 0 atom stereocenters. The Morgan fingerprint density at radius 1 is 1.38 bits per heavy atom. The molecule has 0 radical (unpaired) electrons. The largest absolute Gasteiger partial charge is 0.392 e. The lowest BCUT2D eigenvalue weighted by molar-refractivity contribution is 0.281. The smallest absolute Gasteiger partial charge is 0.243 e. The van der Waals surface area contributed by atoms with Crippen LogP contribution >= 0.6 is 0 Å². The number of rotatable bonds is 6.